The molecule has 0 heterocycles. The number of hydrogen-bond acceptors (Lipinski definition) is 4. The Balaban J connectivity index is 3.03. The van der Waals surface area contributed by atoms with Gasteiger partial charge in [-0.15, -0.1) is 0 Å². The average molecular weight is 519 g/mol. The van der Waals surface area contributed by atoms with Crippen molar-refractivity contribution in [1.82, 2.24) is 4.31 Å². The predicted molar refractivity (Wildman–Crippen MR) is 130 cm³/mol. The van der Waals surface area contributed by atoms with E-state index in [0.29, 0.717) is 21.0 Å². The average Bonchev–Trinajstić information content (AvgIpc) is 2.70. The Hall–Kier alpha value is -1.08. The van der Waals surface area contributed by atoms with Gasteiger partial charge in [0.05, 0.1) is 0 Å². The zero-order chi connectivity index (χ0) is 22.6. The van der Waals surface area contributed by atoms with Crippen LogP contribution in [0, 0.1) is 0 Å². The van der Waals surface area contributed by atoms with E-state index in [1.807, 2.05) is 18.2 Å². The van der Waals surface area contributed by atoms with Crippen LogP contribution < -0.4 is 4.46 Å². The van der Waals surface area contributed by atoms with Gasteiger partial charge in [0.15, 0.2) is 0 Å². The molecule has 0 aromatic heterocycles. The van der Waals surface area contributed by atoms with Gasteiger partial charge in [0.25, 0.3) is 0 Å². The third-order valence-electron chi connectivity index (χ3n) is 4.70. The Labute approximate surface area is 190 Å². The fraction of sp³-hybridized carbons (Fsp3) is 0.591. The number of unbranched alkanes of at least 4 members (excludes halogenated alkanes) is 1. The second kappa shape index (κ2) is 13.4. The number of benzene rings is 1. The molecule has 0 saturated carbocycles. The fourth-order valence-corrected chi connectivity index (χ4v) is 9.50. The van der Waals surface area contributed by atoms with Crippen LogP contribution in [0.1, 0.15) is 32.6 Å². The van der Waals surface area contributed by atoms with Gasteiger partial charge in [-0.2, -0.15) is 0 Å². The molecule has 0 aliphatic rings. The number of rotatable bonds is 14. The minimum absolute atomic E-state index is 0.126. The monoisotopic (exact) mass is 519 g/mol. The molecule has 8 heteroatoms. The number of esters is 1. The van der Waals surface area contributed by atoms with Crippen molar-refractivity contribution in [3.8, 4) is 0 Å². The molecule has 0 N–H and O–H groups in total. The van der Waals surface area contributed by atoms with Crippen molar-refractivity contribution in [2.45, 2.75) is 69.7 Å². The molecule has 170 valence electrons. The van der Waals surface area contributed by atoms with Gasteiger partial charge >= 0.3 is 191 Å². The van der Waals surface area contributed by atoms with Gasteiger partial charge in [0.1, 0.15) is 0 Å². The van der Waals surface area contributed by atoms with Gasteiger partial charge in [-0.3, -0.25) is 0 Å². The van der Waals surface area contributed by atoms with Gasteiger partial charge in [0.2, 0.25) is 0 Å². The van der Waals surface area contributed by atoms with Crippen LogP contribution in [0.5, 0.6) is 0 Å². The van der Waals surface area contributed by atoms with Crippen molar-refractivity contribution in [2.75, 3.05) is 12.9 Å². The topological polar surface area (TPSA) is 63.7 Å². The van der Waals surface area contributed by atoms with E-state index in [4.69, 9.17) is 4.74 Å². The molecule has 30 heavy (non-hydrogen) atoms. The molecule has 0 aliphatic carbocycles. The van der Waals surface area contributed by atoms with Gasteiger partial charge in [-0.25, -0.2) is 0 Å². The third-order valence-corrected chi connectivity index (χ3v) is 10.8. The molecule has 0 amide bonds. The maximum absolute atomic E-state index is 13.3. The van der Waals surface area contributed by atoms with E-state index < -0.39 is 24.1 Å². The summed E-state index contributed by atoms with van der Waals surface area (Å²) in [6.07, 6.45) is 6.19. The van der Waals surface area contributed by atoms with Crippen LogP contribution in [0.25, 0.3) is 0 Å². The first-order valence-corrected chi connectivity index (χ1v) is 17.9. The van der Waals surface area contributed by atoms with E-state index >= 15 is 0 Å². The Bertz CT molecular complexity index is 763. The zero-order valence-corrected chi connectivity index (χ0v) is 22.5. The van der Waals surface area contributed by atoms with Crippen LogP contribution in [-0.4, -0.2) is 60.6 Å². The first kappa shape index (κ1) is 27.0. The summed E-state index contributed by atoms with van der Waals surface area (Å²) in [6.45, 7) is 8.63. The molecule has 0 aliphatic heterocycles. The third kappa shape index (κ3) is 10.8. The molecule has 5 nitrogen and oxygen atoms in total. The van der Waals surface area contributed by atoms with Crippen LogP contribution >= 0.6 is 0 Å². The molecule has 1 rings (SSSR count). The molecule has 1 atom stereocenters. The van der Waals surface area contributed by atoms with Crippen molar-refractivity contribution < 1.29 is 17.9 Å². The van der Waals surface area contributed by atoms with Crippen molar-refractivity contribution in [2.24, 2.45) is 0 Å². The first-order valence-electron chi connectivity index (χ1n) is 10.5. The van der Waals surface area contributed by atoms with Crippen molar-refractivity contribution in [3.63, 3.8) is 0 Å². The molecule has 0 radical (unpaired) electrons. The summed E-state index contributed by atoms with van der Waals surface area (Å²) in [5.41, 5.74) is 0. The van der Waals surface area contributed by atoms with Gasteiger partial charge in [-0.1, -0.05) is 0 Å². The predicted octanol–water partition coefficient (Wildman–Crippen LogP) is 4.04. The normalized spacial score (nSPS) is 13.4. The molecule has 1 aromatic carbocycles. The van der Waals surface area contributed by atoms with Crippen LogP contribution in [0.15, 0.2) is 42.6 Å². The molecule has 0 fully saturated rings. The van der Waals surface area contributed by atoms with E-state index in [1.54, 1.807) is 0 Å². The number of hydrogen-bond donors (Lipinski definition) is 0. The van der Waals surface area contributed by atoms with Crippen LogP contribution in [0.3, 0.4) is 0 Å². The number of methoxy groups -OCH3 is 1. The van der Waals surface area contributed by atoms with Crippen molar-refractivity contribution in [1.29, 1.82) is 0 Å². The second-order valence-corrected chi connectivity index (χ2v) is 18.6. The number of carbonyl (C=O) groups is 1. The second-order valence-electron chi connectivity index (χ2n) is 8.54. The zero-order valence-electron chi connectivity index (χ0n) is 19.0. The van der Waals surface area contributed by atoms with Gasteiger partial charge in [-0.05, 0) is 0 Å². The summed E-state index contributed by atoms with van der Waals surface area (Å²) in [5, 5.41) is 0.956. The molecule has 1 unspecified atom stereocenters. The Kier molecular flexibility index (Phi) is 12.0. The van der Waals surface area contributed by atoms with Crippen LogP contribution in [0.4, 0.5) is 0 Å². The Morgan fingerprint density at radius 3 is 2.43 bits per heavy atom. The van der Waals surface area contributed by atoms with Crippen molar-refractivity contribution in [3.05, 3.63) is 42.6 Å². The summed E-state index contributed by atoms with van der Waals surface area (Å²) >= 11 is 0.297. The fourth-order valence-electron chi connectivity index (χ4n) is 2.85. The summed E-state index contributed by atoms with van der Waals surface area (Å²) in [7, 11) is -3.72. The SMILES string of the molecule is CCCCC(CC[Se]c1ccccc1)N(/C=C/C(=O)OC)S(=O)(=O)CC[Si](C)(C)C. The molecule has 1 aromatic rings. The molecule has 0 bridgehead atoms. The van der Waals surface area contributed by atoms with E-state index in [1.165, 1.54) is 28.2 Å². The first-order chi connectivity index (χ1) is 14.1. The van der Waals surface area contributed by atoms with Crippen LogP contribution in [-0.2, 0) is 19.6 Å². The summed E-state index contributed by atoms with van der Waals surface area (Å²) in [4.78, 5) is 11.7. The number of nitrogens with zero attached hydrogens (tertiary/aromatic N) is 1. The van der Waals surface area contributed by atoms with E-state index in [-0.39, 0.29) is 11.8 Å². The molecule has 0 spiro atoms. The number of sulfonamides is 1. The molecule has 0 saturated heterocycles. The number of ether oxygens (including phenoxy) is 1. The van der Waals surface area contributed by atoms with E-state index in [0.717, 1.165) is 31.0 Å². The standard InChI is InChI=1S/C22H37NO4SSeSi/c1-6-7-11-20(15-18-29-21-12-9-8-10-13-21)23(16-14-22(24)27-2)28(25,26)17-19-30(3,4)5/h8-10,12-14,16,20H,6-7,11,15,17-19H2,1-5H3/b16-14+. The molecular weight excluding hydrogens is 481 g/mol. The maximum atomic E-state index is 13.3. The van der Waals surface area contributed by atoms with Gasteiger partial charge < -0.3 is 0 Å². The Morgan fingerprint density at radius 1 is 1.20 bits per heavy atom. The Morgan fingerprint density at radius 2 is 1.87 bits per heavy atom. The summed E-state index contributed by atoms with van der Waals surface area (Å²) in [6, 6.07) is 10.9. The minimum atomic E-state index is -3.50. The quantitative estimate of drug-likeness (QED) is 0.212. The summed E-state index contributed by atoms with van der Waals surface area (Å²) < 4.78 is 34.0. The molecular formula is C22H37NO4SSeSi. The summed E-state index contributed by atoms with van der Waals surface area (Å²) in [5.74, 6) is -0.413. The van der Waals surface area contributed by atoms with Crippen LogP contribution in [0.2, 0.25) is 31.0 Å². The van der Waals surface area contributed by atoms with E-state index in [2.05, 4.69) is 38.7 Å². The number of carbonyl (C=O) groups excluding carboxylic acids is 1. The van der Waals surface area contributed by atoms with Gasteiger partial charge in [0, 0.05) is 0 Å². The van der Waals surface area contributed by atoms with Crippen molar-refractivity contribution >= 4 is 43.5 Å². The van der Waals surface area contributed by atoms with E-state index in [9.17, 15) is 13.2 Å².